The van der Waals surface area contributed by atoms with Crippen LogP contribution in [-0.4, -0.2) is 19.5 Å². The Labute approximate surface area is 288 Å². The lowest BCUT2D eigenvalue weighted by molar-refractivity contribution is 0.670. The maximum absolute atomic E-state index is 6.43. The number of furan rings is 1. The van der Waals surface area contributed by atoms with E-state index >= 15 is 0 Å². The van der Waals surface area contributed by atoms with E-state index in [-0.39, 0.29) is 0 Å². The van der Waals surface area contributed by atoms with E-state index in [1.807, 2.05) is 72.8 Å². The molecule has 5 heteroatoms. The molecule has 0 bridgehead atoms. The van der Waals surface area contributed by atoms with Crippen LogP contribution in [0.2, 0.25) is 0 Å². The molecule has 0 radical (unpaired) electrons. The minimum absolute atomic E-state index is 0.666. The molecule has 5 nitrogen and oxygen atoms in total. The van der Waals surface area contributed by atoms with Crippen molar-refractivity contribution in [2.75, 3.05) is 0 Å². The highest BCUT2D eigenvalue weighted by Gasteiger charge is 2.20. The van der Waals surface area contributed by atoms with E-state index in [1.165, 1.54) is 27.5 Å². The van der Waals surface area contributed by atoms with E-state index in [0.717, 1.165) is 62.6 Å². The van der Waals surface area contributed by atoms with Gasteiger partial charge in [-0.15, -0.1) is 0 Å². The maximum Gasteiger partial charge on any atom is 0.164 e. The summed E-state index contributed by atoms with van der Waals surface area (Å²) in [7, 11) is 0. The van der Waals surface area contributed by atoms with Gasteiger partial charge in [0.1, 0.15) is 11.2 Å². The molecular weight excluding hydrogens is 613 g/mol. The Bertz CT molecular complexity index is 2750. The van der Waals surface area contributed by atoms with Crippen LogP contribution in [0.3, 0.4) is 0 Å². The summed E-state index contributed by atoms with van der Waals surface area (Å²) in [5, 5.41) is 4.70. The van der Waals surface area contributed by atoms with Gasteiger partial charge in [0.25, 0.3) is 0 Å². The van der Waals surface area contributed by atoms with Gasteiger partial charge in [0, 0.05) is 49.5 Å². The van der Waals surface area contributed by atoms with Crippen molar-refractivity contribution >= 4 is 55.0 Å². The topological polar surface area (TPSA) is 56.7 Å². The number of hydrogen-bond acceptors (Lipinski definition) is 4. The third-order valence-corrected chi connectivity index (χ3v) is 9.72. The summed E-state index contributed by atoms with van der Waals surface area (Å²) in [5.74, 6) is 2.01. The van der Waals surface area contributed by atoms with Crippen molar-refractivity contribution in [3.05, 3.63) is 164 Å². The smallest absolute Gasteiger partial charge is 0.164 e. The van der Waals surface area contributed by atoms with Gasteiger partial charge in [0.05, 0.1) is 11.0 Å². The molecule has 1 aliphatic carbocycles. The standard InChI is InChI=1S/C45H30N4O/c1-3-13-29(14-4-1)43-46-44(30-15-5-2-6-16-30)48-45(47-43)32-17-11-18-33(27-32)49-39-23-9-7-19-35(39)38-28-31(25-26-40(38)49)34-21-12-22-37-36-20-8-10-24-41(36)50-42(34)37/h1-10,12-17,19-28H,11,18H2. The molecule has 236 valence electrons. The lowest BCUT2D eigenvalue weighted by atomic mass is 10.00. The average Bonchev–Trinajstić information content (AvgIpc) is 3.74. The van der Waals surface area contributed by atoms with Crippen LogP contribution in [0.15, 0.2) is 162 Å². The molecule has 0 aliphatic heterocycles. The molecule has 6 aromatic carbocycles. The fourth-order valence-electron chi connectivity index (χ4n) is 7.38. The number of rotatable bonds is 5. The zero-order chi connectivity index (χ0) is 33.0. The highest BCUT2D eigenvalue weighted by Crippen LogP contribution is 2.40. The fraction of sp³-hybridized carbons (Fsp3) is 0.0444. The Hall–Kier alpha value is -6.59. The summed E-state index contributed by atoms with van der Waals surface area (Å²) in [4.78, 5) is 15.0. The van der Waals surface area contributed by atoms with Gasteiger partial charge in [-0.3, -0.25) is 0 Å². The second-order valence-electron chi connectivity index (χ2n) is 12.7. The van der Waals surface area contributed by atoms with Crippen LogP contribution in [0.1, 0.15) is 18.7 Å². The summed E-state index contributed by atoms with van der Waals surface area (Å²) >= 11 is 0. The first-order valence-electron chi connectivity index (χ1n) is 17.0. The Balaban J connectivity index is 1.12. The molecule has 0 atom stereocenters. The Morgan fingerprint density at radius 3 is 1.92 bits per heavy atom. The van der Waals surface area contributed by atoms with Crippen LogP contribution in [0.25, 0.3) is 88.9 Å². The van der Waals surface area contributed by atoms with Gasteiger partial charge in [0.2, 0.25) is 0 Å². The van der Waals surface area contributed by atoms with Crippen molar-refractivity contribution in [1.82, 2.24) is 19.5 Å². The molecule has 1 aliphatic rings. The van der Waals surface area contributed by atoms with Crippen molar-refractivity contribution in [3.8, 4) is 33.9 Å². The van der Waals surface area contributed by atoms with Gasteiger partial charge in [-0.05, 0) is 48.7 Å². The van der Waals surface area contributed by atoms with E-state index in [2.05, 4.69) is 89.5 Å². The molecule has 3 heterocycles. The first-order chi connectivity index (χ1) is 24.8. The largest absolute Gasteiger partial charge is 0.455 e. The number of benzene rings is 6. The van der Waals surface area contributed by atoms with Crippen molar-refractivity contribution in [2.45, 2.75) is 12.8 Å². The van der Waals surface area contributed by atoms with E-state index in [0.29, 0.717) is 17.5 Å². The van der Waals surface area contributed by atoms with E-state index in [1.54, 1.807) is 0 Å². The van der Waals surface area contributed by atoms with Crippen molar-refractivity contribution in [2.24, 2.45) is 0 Å². The minimum atomic E-state index is 0.666. The molecule has 0 saturated heterocycles. The summed E-state index contributed by atoms with van der Waals surface area (Å²) in [5.41, 5.74) is 10.5. The SMILES string of the molecule is C1=C(c2nc(-c3ccccc3)nc(-c3ccccc3)n2)C=C(n2c3ccccc3c3cc(-c4cccc5c4oc4ccccc45)ccc32)CC1. The van der Waals surface area contributed by atoms with Crippen LogP contribution in [0, 0.1) is 0 Å². The monoisotopic (exact) mass is 642 g/mol. The van der Waals surface area contributed by atoms with Gasteiger partial charge in [-0.25, -0.2) is 15.0 Å². The quantitative estimate of drug-likeness (QED) is 0.187. The van der Waals surface area contributed by atoms with Crippen molar-refractivity contribution < 1.29 is 4.42 Å². The lowest BCUT2D eigenvalue weighted by Gasteiger charge is -2.18. The summed E-state index contributed by atoms with van der Waals surface area (Å²) in [6.07, 6.45) is 6.30. The summed E-state index contributed by atoms with van der Waals surface area (Å²) < 4.78 is 8.85. The zero-order valence-corrected chi connectivity index (χ0v) is 27.1. The number of hydrogen-bond donors (Lipinski definition) is 0. The number of fused-ring (bicyclic) bond motifs is 6. The fourth-order valence-corrected chi connectivity index (χ4v) is 7.38. The predicted octanol–water partition coefficient (Wildman–Crippen LogP) is 11.6. The average molecular weight is 643 g/mol. The van der Waals surface area contributed by atoms with Crippen LogP contribution in [0.4, 0.5) is 0 Å². The second kappa shape index (κ2) is 11.5. The van der Waals surface area contributed by atoms with E-state index in [4.69, 9.17) is 19.4 Å². The van der Waals surface area contributed by atoms with E-state index in [9.17, 15) is 0 Å². The summed E-state index contributed by atoms with van der Waals surface area (Å²) in [6, 6.07) is 50.5. The Morgan fingerprint density at radius 1 is 0.500 bits per heavy atom. The van der Waals surface area contributed by atoms with Crippen LogP contribution in [-0.2, 0) is 0 Å². The third kappa shape index (κ3) is 4.66. The van der Waals surface area contributed by atoms with Crippen LogP contribution in [0.5, 0.6) is 0 Å². The molecule has 3 aromatic heterocycles. The normalized spacial score (nSPS) is 13.3. The third-order valence-electron chi connectivity index (χ3n) is 9.72. The van der Waals surface area contributed by atoms with E-state index < -0.39 is 0 Å². The van der Waals surface area contributed by atoms with Crippen LogP contribution < -0.4 is 0 Å². The Morgan fingerprint density at radius 2 is 1.14 bits per heavy atom. The van der Waals surface area contributed by atoms with Crippen LogP contribution >= 0.6 is 0 Å². The molecule has 0 N–H and O–H groups in total. The number of aromatic nitrogens is 4. The maximum atomic E-state index is 6.43. The molecule has 10 rings (SSSR count). The number of allylic oxidation sites excluding steroid dienone is 4. The summed E-state index contributed by atoms with van der Waals surface area (Å²) in [6.45, 7) is 0. The molecule has 50 heavy (non-hydrogen) atoms. The first-order valence-corrected chi connectivity index (χ1v) is 17.0. The molecule has 0 spiro atoms. The van der Waals surface area contributed by atoms with Crippen molar-refractivity contribution in [1.29, 1.82) is 0 Å². The second-order valence-corrected chi connectivity index (χ2v) is 12.7. The first kappa shape index (κ1) is 28.4. The van der Waals surface area contributed by atoms with Crippen molar-refractivity contribution in [3.63, 3.8) is 0 Å². The van der Waals surface area contributed by atoms with Gasteiger partial charge < -0.3 is 8.98 Å². The molecule has 0 unspecified atom stereocenters. The van der Waals surface area contributed by atoms with Gasteiger partial charge in [0.15, 0.2) is 17.5 Å². The highest BCUT2D eigenvalue weighted by molar-refractivity contribution is 6.14. The highest BCUT2D eigenvalue weighted by atomic mass is 16.3. The zero-order valence-electron chi connectivity index (χ0n) is 27.1. The molecule has 0 fully saturated rings. The molecule has 0 amide bonds. The van der Waals surface area contributed by atoms with Gasteiger partial charge >= 0.3 is 0 Å². The molecular formula is C45H30N4O. The lowest BCUT2D eigenvalue weighted by Crippen LogP contribution is -2.05. The number of nitrogens with zero attached hydrogens (tertiary/aromatic N) is 4. The van der Waals surface area contributed by atoms with Gasteiger partial charge in [-0.1, -0.05) is 127 Å². The predicted molar refractivity (Wildman–Crippen MR) is 204 cm³/mol. The van der Waals surface area contributed by atoms with Gasteiger partial charge in [-0.2, -0.15) is 0 Å². The molecule has 0 saturated carbocycles. The number of para-hydroxylation sites is 3. The Kier molecular flexibility index (Phi) is 6.56. The molecule has 9 aromatic rings. The minimum Gasteiger partial charge on any atom is -0.455 e.